The maximum Gasteiger partial charge on any atom is 0.158 e. The molecule has 0 rings (SSSR count). The van der Waals surface area contributed by atoms with Crippen LogP contribution in [0, 0.1) is 0 Å². The van der Waals surface area contributed by atoms with Crippen LogP contribution in [0.25, 0.3) is 0 Å². The van der Waals surface area contributed by atoms with Gasteiger partial charge in [-0.05, 0) is 37.7 Å². The third-order valence-corrected chi connectivity index (χ3v) is 3.37. The van der Waals surface area contributed by atoms with Gasteiger partial charge in [-0.25, -0.2) is 0 Å². The first-order valence-electron chi connectivity index (χ1n) is 7.45. The molecular formula is C16H30O. The second-order valence-electron chi connectivity index (χ2n) is 4.77. The lowest BCUT2D eigenvalue weighted by Gasteiger charge is -2.13. The van der Waals surface area contributed by atoms with Gasteiger partial charge in [0.2, 0.25) is 0 Å². The van der Waals surface area contributed by atoms with Gasteiger partial charge in [0, 0.05) is 6.42 Å². The number of Topliss-reactive ketones (excluding diaryl/α,β-unsaturated/α-hetero) is 1. The highest BCUT2D eigenvalue weighted by Crippen LogP contribution is 2.22. The van der Waals surface area contributed by atoms with Crippen molar-refractivity contribution in [2.24, 2.45) is 0 Å². The first kappa shape index (κ1) is 16.4. The lowest BCUT2D eigenvalue weighted by Crippen LogP contribution is -2.05. The van der Waals surface area contributed by atoms with Crippen LogP contribution in [0.15, 0.2) is 11.1 Å². The molecule has 0 fully saturated rings. The third kappa shape index (κ3) is 6.65. The summed E-state index contributed by atoms with van der Waals surface area (Å²) in [7, 11) is 0. The summed E-state index contributed by atoms with van der Waals surface area (Å²) in [4.78, 5) is 12.0. The molecular weight excluding hydrogens is 208 g/mol. The third-order valence-electron chi connectivity index (χ3n) is 3.37. The topological polar surface area (TPSA) is 17.1 Å². The molecule has 0 aromatic heterocycles. The molecule has 0 heterocycles. The van der Waals surface area contributed by atoms with Gasteiger partial charge in [0.25, 0.3) is 0 Å². The van der Waals surface area contributed by atoms with Crippen molar-refractivity contribution in [1.82, 2.24) is 0 Å². The summed E-state index contributed by atoms with van der Waals surface area (Å²) < 4.78 is 0. The van der Waals surface area contributed by atoms with Crippen LogP contribution < -0.4 is 0 Å². The summed E-state index contributed by atoms with van der Waals surface area (Å²) >= 11 is 0. The Morgan fingerprint density at radius 1 is 0.765 bits per heavy atom. The maximum atomic E-state index is 12.0. The Balaban J connectivity index is 4.67. The summed E-state index contributed by atoms with van der Waals surface area (Å²) in [5.74, 6) is 0.381. The van der Waals surface area contributed by atoms with E-state index in [-0.39, 0.29) is 0 Å². The van der Waals surface area contributed by atoms with E-state index < -0.39 is 0 Å². The number of rotatable bonds is 10. The summed E-state index contributed by atoms with van der Waals surface area (Å²) in [5, 5.41) is 0. The van der Waals surface area contributed by atoms with Crippen LogP contribution in [0.3, 0.4) is 0 Å². The van der Waals surface area contributed by atoms with Crippen molar-refractivity contribution >= 4 is 5.78 Å². The highest BCUT2D eigenvalue weighted by Gasteiger charge is 2.12. The lowest BCUT2D eigenvalue weighted by atomic mass is 9.92. The first-order chi connectivity index (χ1) is 8.21. The molecule has 0 atom stereocenters. The Bertz CT molecular complexity index is 238. The smallest absolute Gasteiger partial charge is 0.158 e. The van der Waals surface area contributed by atoms with Crippen molar-refractivity contribution in [3.63, 3.8) is 0 Å². The number of carbonyl (C=O) groups excluding carboxylic acids is 1. The molecule has 1 nitrogen and oxygen atoms in total. The van der Waals surface area contributed by atoms with Gasteiger partial charge >= 0.3 is 0 Å². The minimum Gasteiger partial charge on any atom is -0.295 e. The molecule has 0 aliphatic carbocycles. The van der Waals surface area contributed by atoms with Crippen LogP contribution in [0.2, 0.25) is 0 Å². The van der Waals surface area contributed by atoms with E-state index in [1.807, 2.05) is 6.92 Å². The van der Waals surface area contributed by atoms with Crippen LogP contribution in [-0.2, 0) is 4.79 Å². The molecule has 0 bridgehead atoms. The molecule has 0 aromatic rings. The quantitative estimate of drug-likeness (QED) is 0.366. The fourth-order valence-corrected chi connectivity index (χ4v) is 2.21. The van der Waals surface area contributed by atoms with Crippen LogP contribution in [-0.4, -0.2) is 5.78 Å². The molecule has 0 N–H and O–H groups in total. The zero-order valence-electron chi connectivity index (χ0n) is 12.3. The molecule has 0 saturated carbocycles. The van der Waals surface area contributed by atoms with Gasteiger partial charge in [-0.2, -0.15) is 0 Å². The van der Waals surface area contributed by atoms with Gasteiger partial charge in [-0.1, -0.05) is 52.5 Å². The van der Waals surface area contributed by atoms with Crippen molar-refractivity contribution in [2.75, 3.05) is 0 Å². The SMILES string of the molecule is CCCCC/C(CC)=C(\CCCC)C(=O)CC. The van der Waals surface area contributed by atoms with Gasteiger partial charge < -0.3 is 0 Å². The number of allylic oxidation sites excluding steroid dienone is 2. The molecule has 0 aliphatic rings. The number of ketones is 1. The Morgan fingerprint density at radius 2 is 1.41 bits per heavy atom. The molecule has 0 unspecified atom stereocenters. The summed E-state index contributed by atoms with van der Waals surface area (Å²) in [5.41, 5.74) is 2.59. The number of hydrogen-bond acceptors (Lipinski definition) is 1. The predicted octanol–water partition coefficient (Wildman–Crippen LogP) is 5.44. The molecule has 0 spiro atoms. The highest BCUT2D eigenvalue weighted by molar-refractivity contribution is 5.95. The standard InChI is InChI=1S/C16H30O/c1-5-9-11-12-14(7-3)15(13-10-6-2)16(17)8-4/h5-13H2,1-4H3/b15-14+. The molecule has 0 aromatic carbocycles. The van der Waals surface area contributed by atoms with E-state index >= 15 is 0 Å². The number of unbranched alkanes of at least 4 members (excludes halogenated alkanes) is 3. The van der Waals surface area contributed by atoms with E-state index in [1.54, 1.807) is 0 Å². The fraction of sp³-hybridized carbons (Fsp3) is 0.812. The van der Waals surface area contributed by atoms with Crippen LogP contribution in [0.4, 0.5) is 0 Å². The Morgan fingerprint density at radius 3 is 1.88 bits per heavy atom. The maximum absolute atomic E-state index is 12.0. The second-order valence-corrected chi connectivity index (χ2v) is 4.77. The van der Waals surface area contributed by atoms with E-state index in [2.05, 4.69) is 20.8 Å². The fourth-order valence-electron chi connectivity index (χ4n) is 2.21. The highest BCUT2D eigenvalue weighted by atomic mass is 16.1. The van der Waals surface area contributed by atoms with Crippen molar-refractivity contribution in [2.45, 2.75) is 85.5 Å². The number of hydrogen-bond donors (Lipinski definition) is 0. The zero-order chi connectivity index (χ0) is 13.1. The molecule has 100 valence electrons. The van der Waals surface area contributed by atoms with E-state index in [4.69, 9.17) is 0 Å². The van der Waals surface area contributed by atoms with Gasteiger partial charge in [-0.15, -0.1) is 0 Å². The lowest BCUT2D eigenvalue weighted by molar-refractivity contribution is -0.115. The van der Waals surface area contributed by atoms with Gasteiger partial charge in [0.1, 0.15) is 0 Å². The minimum absolute atomic E-state index is 0.381. The van der Waals surface area contributed by atoms with E-state index in [0.29, 0.717) is 12.2 Å². The molecule has 17 heavy (non-hydrogen) atoms. The Kier molecular flexibility index (Phi) is 10.2. The summed E-state index contributed by atoms with van der Waals surface area (Å²) in [6.07, 6.45) is 9.95. The van der Waals surface area contributed by atoms with Gasteiger partial charge in [0.05, 0.1) is 0 Å². The van der Waals surface area contributed by atoms with E-state index in [0.717, 1.165) is 31.3 Å². The average Bonchev–Trinajstić information content (AvgIpc) is 2.36. The molecule has 0 saturated heterocycles. The Hall–Kier alpha value is -0.590. The Labute approximate surface area is 108 Å². The predicted molar refractivity (Wildman–Crippen MR) is 76.3 cm³/mol. The van der Waals surface area contributed by atoms with Crippen LogP contribution in [0.5, 0.6) is 0 Å². The van der Waals surface area contributed by atoms with E-state index in [9.17, 15) is 4.79 Å². The molecule has 0 amide bonds. The van der Waals surface area contributed by atoms with Crippen molar-refractivity contribution < 1.29 is 4.79 Å². The van der Waals surface area contributed by atoms with E-state index in [1.165, 1.54) is 31.3 Å². The summed E-state index contributed by atoms with van der Waals surface area (Å²) in [6.45, 7) is 8.59. The summed E-state index contributed by atoms with van der Waals surface area (Å²) in [6, 6.07) is 0. The van der Waals surface area contributed by atoms with Crippen molar-refractivity contribution in [3.8, 4) is 0 Å². The largest absolute Gasteiger partial charge is 0.295 e. The first-order valence-corrected chi connectivity index (χ1v) is 7.45. The van der Waals surface area contributed by atoms with Crippen LogP contribution in [0.1, 0.15) is 85.5 Å². The molecule has 0 aliphatic heterocycles. The number of carbonyl (C=O) groups is 1. The van der Waals surface area contributed by atoms with Gasteiger partial charge in [0.15, 0.2) is 5.78 Å². The molecule has 0 radical (unpaired) electrons. The van der Waals surface area contributed by atoms with Crippen molar-refractivity contribution in [3.05, 3.63) is 11.1 Å². The normalized spacial score (nSPS) is 12.5. The van der Waals surface area contributed by atoms with Crippen molar-refractivity contribution in [1.29, 1.82) is 0 Å². The second kappa shape index (κ2) is 10.6. The molecule has 1 heteroatoms. The minimum atomic E-state index is 0.381. The average molecular weight is 238 g/mol. The van der Waals surface area contributed by atoms with Gasteiger partial charge in [-0.3, -0.25) is 4.79 Å². The zero-order valence-corrected chi connectivity index (χ0v) is 12.3. The monoisotopic (exact) mass is 238 g/mol. The van der Waals surface area contributed by atoms with Crippen LogP contribution >= 0.6 is 0 Å².